The van der Waals surface area contributed by atoms with Crippen LogP contribution in [0.15, 0.2) is 6.20 Å². The van der Waals surface area contributed by atoms with Crippen molar-refractivity contribution >= 4 is 11.8 Å². The van der Waals surface area contributed by atoms with E-state index in [1.165, 1.54) is 19.3 Å². The summed E-state index contributed by atoms with van der Waals surface area (Å²) in [4.78, 5) is 4.28. The maximum Gasteiger partial charge on any atom is 0.205 e. The summed E-state index contributed by atoms with van der Waals surface area (Å²) in [5, 5.41) is 3.42. The molecule has 2 rings (SSSR count). The molecule has 1 saturated carbocycles. The van der Waals surface area contributed by atoms with Crippen LogP contribution < -0.4 is 11.1 Å². The minimum atomic E-state index is 0.405. The summed E-state index contributed by atoms with van der Waals surface area (Å²) in [6.45, 7) is 4.26. The highest BCUT2D eigenvalue weighted by atomic mass is 15.2. The molecule has 0 radical (unpaired) electrons. The minimum absolute atomic E-state index is 0.405. The molecule has 0 aromatic carbocycles. The smallest absolute Gasteiger partial charge is 0.205 e. The van der Waals surface area contributed by atoms with E-state index in [1.807, 2.05) is 6.20 Å². The minimum Gasteiger partial charge on any atom is -0.382 e. The lowest BCUT2D eigenvalue weighted by atomic mass is 9.93. The van der Waals surface area contributed by atoms with Gasteiger partial charge in [-0.3, -0.25) is 0 Å². The van der Waals surface area contributed by atoms with E-state index in [-0.39, 0.29) is 0 Å². The van der Waals surface area contributed by atoms with Crippen LogP contribution >= 0.6 is 0 Å². The molecule has 1 aliphatic rings. The van der Waals surface area contributed by atoms with Crippen LogP contribution in [-0.4, -0.2) is 15.6 Å². The van der Waals surface area contributed by atoms with Crippen molar-refractivity contribution in [1.82, 2.24) is 9.55 Å². The molecule has 1 aromatic rings. The summed E-state index contributed by atoms with van der Waals surface area (Å²) in [6, 6.07) is 1.01. The Balaban J connectivity index is 2.13. The highest BCUT2D eigenvalue weighted by Gasteiger charge is 2.19. The maximum atomic E-state index is 5.68. The SMILES string of the molecule is CC(C)n1cc(N)nc1NC1CCC1. The van der Waals surface area contributed by atoms with Gasteiger partial charge in [0.05, 0.1) is 0 Å². The molecule has 0 unspecified atom stereocenters. The van der Waals surface area contributed by atoms with Crippen molar-refractivity contribution in [2.75, 3.05) is 11.1 Å². The Bertz CT molecular complexity index is 312. The van der Waals surface area contributed by atoms with Gasteiger partial charge in [-0.15, -0.1) is 0 Å². The van der Waals surface area contributed by atoms with Crippen LogP contribution in [0, 0.1) is 0 Å². The summed E-state index contributed by atoms with van der Waals surface area (Å²) in [5.41, 5.74) is 5.68. The van der Waals surface area contributed by atoms with Gasteiger partial charge in [0.15, 0.2) is 0 Å². The largest absolute Gasteiger partial charge is 0.382 e. The van der Waals surface area contributed by atoms with Gasteiger partial charge < -0.3 is 15.6 Å². The molecule has 1 aliphatic carbocycles. The first-order valence-electron chi connectivity index (χ1n) is 5.27. The van der Waals surface area contributed by atoms with Gasteiger partial charge in [0, 0.05) is 18.3 Å². The topological polar surface area (TPSA) is 55.9 Å². The Morgan fingerprint density at radius 2 is 2.29 bits per heavy atom. The molecular weight excluding hydrogens is 176 g/mol. The Labute approximate surface area is 84.5 Å². The quantitative estimate of drug-likeness (QED) is 0.774. The maximum absolute atomic E-state index is 5.68. The van der Waals surface area contributed by atoms with Crippen molar-refractivity contribution in [3.05, 3.63) is 6.20 Å². The van der Waals surface area contributed by atoms with Crippen molar-refractivity contribution in [2.24, 2.45) is 0 Å². The number of hydrogen-bond acceptors (Lipinski definition) is 3. The second kappa shape index (κ2) is 3.52. The zero-order valence-electron chi connectivity index (χ0n) is 8.83. The predicted molar refractivity (Wildman–Crippen MR) is 58.3 cm³/mol. The third-order valence-electron chi connectivity index (χ3n) is 2.75. The lowest BCUT2D eigenvalue weighted by molar-refractivity contribution is 0.439. The van der Waals surface area contributed by atoms with Crippen LogP contribution in [0.3, 0.4) is 0 Å². The van der Waals surface area contributed by atoms with E-state index in [0.29, 0.717) is 17.9 Å². The molecule has 1 fully saturated rings. The van der Waals surface area contributed by atoms with Crippen LogP contribution in [0.1, 0.15) is 39.2 Å². The average molecular weight is 194 g/mol. The molecule has 0 amide bonds. The highest BCUT2D eigenvalue weighted by Crippen LogP contribution is 2.24. The molecule has 1 aromatic heterocycles. The zero-order valence-corrected chi connectivity index (χ0v) is 8.83. The standard InChI is InChI=1S/C10H18N4/c1-7(2)14-6-9(11)13-10(14)12-8-4-3-5-8/h6-8H,3-5,11H2,1-2H3,(H,12,13). The number of nitrogens with two attached hydrogens (primary N) is 1. The molecule has 0 atom stereocenters. The molecule has 3 N–H and O–H groups in total. The average Bonchev–Trinajstić information content (AvgIpc) is 2.39. The lowest BCUT2D eigenvalue weighted by Gasteiger charge is -2.27. The fourth-order valence-electron chi connectivity index (χ4n) is 1.65. The number of aromatic nitrogens is 2. The molecule has 0 spiro atoms. The Kier molecular flexibility index (Phi) is 2.35. The van der Waals surface area contributed by atoms with Gasteiger partial charge in [-0.2, -0.15) is 4.98 Å². The van der Waals surface area contributed by atoms with Gasteiger partial charge in [-0.25, -0.2) is 0 Å². The lowest BCUT2D eigenvalue weighted by Crippen LogP contribution is -2.28. The van der Waals surface area contributed by atoms with E-state index in [1.54, 1.807) is 0 Å². The van der Waals surface area contributed by atoms with Gasteiger partial charge in [0.25, 0.3) is 0 Å². The van der Waals surface area contributed by atoms with Crippen molar-refractivity contribution in [1.29, 1.82) is 0 Å². The molecule has 14 heavy (non-hydrogen) atoms. The van der Waals surface area contributed by atoms with E-state index in [0.717, 1.165) is 5.95 Å². The van der Waals surface area contributed by atoms with E-state index in [2.05, 4.69) is 28.7 Å². The second-order valence-corrected chi connectivity index (χ2v) is 4.26. The number of hydrogen-bond donors (Lipinski definition) is 2. The molecule has 78 valence electrons. The van der Waals surface area contributed by atoms with Gasteiger partial charge >= 0.3 is 0 Å². The van der Waals surface area contributed by atoms with Gasteiger partial charge in [0.2, 0.25) is 5.95 Å². The fourth-order valence-corrected chi connectivity index (χ4v) is 1.65. The molecule has 4 heteroatoms. The molecule has 4 nitrogen and oxygen atoms in total. The number of nitrogens with one attached hydrogen (secondary N) is 1. The Morgan fingerprint density at radius 1 is 1.57 bits per heavy atom. The second-order valence-electron chi connectivity index (χ2n) is 4.26. The highest BCUT2D eigenvalue weighted by molar-refractivity contribution is 5.40. The van der Waals surface area contributed by atoms with Gasteiger partial charge in [0.1, 0.15) is 5.82 Å². The third-order valence-corrected chi connectivity index (χ3v) is 2.75. The number of anilines is 2. The molecule has 1 heterocycles. The van der Waals surface area contributed by atoms with E-state index in [9.17, 15) is 0 Å². The van der Waals surface area contributed by atoms with Gasteiger partial charge in [-0.05, 0) is 33.1 Å². The van der Waals surface area contributed by atoms with E-state index < -0.39 is 0 Å². The Hall–Kier alpha value is -1.19. The van der Waals surface area contributed by atoms with E-state index >= 15 is 0 Å². The third kappa shape index (κ3) is 1.69. The molecule has 0 bridgehead atoms. The zero-order chi connectivity index (χ0) is 10.1. The molecule has 0 saturated heterocycles. The first-order chi connectivity index (χ1) is 6.66. The summed E-state index contributed by atoms with van der Waals surface area (Å²) in [5.74, 6) is 1.52. The Morgan fingerprint density at radius 3 is 2.79 bits per heavy atom. The van der Waals surface area contributed by atoms with Crippen molar-refractivity contribution in [3.63, 3.8) is 0 Å². The van der Waals surface area contributed by atoms with E-state index in [4.69, 9.17) is 5.73 Å². The van der Waals surface area contributed by atoms with Crippen LogP contribution in [0.25, 0.3) is 0 Å². The first kappa shape index (κ1) is 9.37. The summed E-state index contributed by atoms with van der Waals surface area (Å²) >= 11 is 0. The predicted octanol–water partition coefficient (Wildman–Crippen LogP) is 2.01. The number of nitrogen functional groups attached to an aromatic ring is 1. The normalized spacial score (nSPS) is 17.1. The summed E-state index contributed by atoms with van der Waals surface area (Å²) in [6.07, 6.45) is 5.73. The van der Waals surface area contributed by atoms with Crippen molar-refractivity contribution in [3.8, 4) is 0 Å². The van der Waals surface area contributed by atoms with Gasteiger partial charge in [-0.1, -0.05) is 0 Å². The number of imidazole rings is 1. The van der Waals surface area contributed by atoms with Crippen LogP contribution in [-0.2, 0) is 0 Å². The molecule has 0 aliphatic heterocycles. The summed E-state index contributed by atoms with van der Waals surface area (Å²) in [7, 11) is 0. The van der Waals surface area contributed by atoms with Crippen molar-refractivity contribution in [2.45, 2.75) is 45.2 Å². The monoisotopic (exact) mass is 194 g/mol. The fraction of sp³-hybridized carbons (Fsp3) is 0.700. The summed E-state index contributed by atoms with van der Waals surface area (Å²) < 4.78 is 2.09. The molecular formula is C10H18N4. The number of nitrogens with zero attached hydrogens (tertiary/aromatic N) is 2. The van der Waals surface area contributed by atoms with Crippen LogP contribution in [0.4, 0.5) is 11.8 Å². The number of rotatable bonds is 3. The first-order valence-corrected chi connectivity index (χ1v) is 5.27. The van der Waals surface area contributed by atoms with Crippen LogP contribution in [0.2, 0.25) is 0 Å². The van der Waals surface area contributed by atoms with Crippen LogP contribution in [0.5, 0.6) is 0 Å². The van der Waals surface area contributed by atoms with Crippen molar-refractivity contribution < 1.29 is 0 Å².